The second-order valence-corrected chi connectivity index (χ2v) is 6.68. The van der Waals surface area contributed by atoms with Crippen LogP contribution in [0.15, 0.2) is 40.7 Å². The van der Waals surface area contributed by atoms with Gasteiger partial charge in [0, 0.05) is 17.1 Å². The minimum absolute atomic E-state index is 0.0777. The third-order valence-corrected chi connectivity index (χ3v) is 5.40. The zero-order valence-corrected chi connectivity index (χ0v) is 13.7. The van der Waals surface area contributed by atoms with Crippen LogP contribution in [0, 0.1) is 5.92 Å². The van der Waals surface area contributed by atoms with Crippen LogP contribution in [-0.4, -0.2) is 46.2 Å². The van der Waals surface area contributed by atoms with Gasteiger partial charge in [-0.2, -0.15) is 0 Å². The SMILES string of the molecule is COc1cccc2c1C(=O)C1=C(C2=O)C(O)C2CC(O)CCC2=C1O. The van der Waals surface area contributed by atoms with E-state index in [1.54, 1.807) is 12.1 Å². The van der Waals surface area contributed by atoms with Crippen molar-refractivity contribution in [3.8, 4) is 5.75 Å². The normalized spacial score (nSPS) is 28.5. The van der Waals surface area contributed by atoms with Gasteiger partial charge in [-0.05, 0) is 30.9 Å². The number of aliphatic hydroxyl groups excluding tert-OH is 3. The topological polar surface area (TPSA) is 104 Å². The maximum absolute atomic E-state index is 13.0. The number of ketones is 2. The van der Waals surface area contributed by atoms with Crippen molar-refractivity contribution in [1.29, 1.82) is 0 Å². The molecule has 6 nitrogen and oxygen atoms in total. The van der Waals surface area contributed by atoms with Crippen molar-refractivity contribution in [3.63, 3.8) is 0 Å². The van der Waals surface area contributed by atoms with E-state index in [1.165, 1.54) is 13.2 Å². The lowest BCUT2D eigenvalue weighted by Gasteiger charge is -2.39. The largest absolute Gasteiger partial charge is 0.507 e. The van der Waals surface area contributed by atoms with Crippen LogP contribution in [0.5, 0.6) is 5.75 Å². The first-order valence-corrected chi connectivity index (χ1v) is 8.24. The van der Waals surface area contributed by atoms with Crippen molar-refractivity contribution < 1.29 is 29.6 Å². The Kier molecular flexibility index (Phi) is 3.56. The van der Waals surface area contributed by atoms with Crippen LogP contribution in [0.3, 0.4) is 0 Å². The molecule has 1 aromatic carbocycles. The number of Topliss-reactive ketones (excluding diaryl/α,β-unsaturated/α-hetero) is 2. The number of benzene rings is 1. The van der Waals surface area contributed by atoms with Crippen LogP contribution in [0.4, 0.5) is 0 Å². The number of hydrogen-bond donors (Lipinski definition) is 3. The first kappa shape index (κ1) is 16.1. The number of aliphatic hydroxyl groups is 3. The summed E-state index contributed by atoms with van der Waals surface area (Å²) in [6.07, 6.45) is -0.727. The van der Waals surface area contributed by atoms with Gasteiger partial charge in [0.2, 0.25) is 5.78 Å². The quantitative estimate of drug-likeness (QED) is 0.718. The fourth-order valence-corrected chi connectivity index (χ4v) is 4.18. The molecule has 1 aromatic rings. The molecule has 3 aliphatic carbocycles. The predicted octanol–water partition coefficient (Wildman–Crippen LogP) is 1.72. The molecule has 6 heteroatoms. The molecule has 0 heterocycles. The number of hydrogen-bond acceptors (Lipinski definition) is 6. The van der Waals surface area contributed by atoms with E-state index in [2.05, 4.69) is 0 Å². The van der Waals surface area contributed by atoms with Gasteiger partial charge in [-0.15, -0.1) is 0 Å². The molecule has 3 unspecified atom stereocenters. The molecule has 0 spiro atoms. The summed E-state index contributed by atoms with van der Waals surface area (Å²) in [6.45, 7) is 0. The molecule has 0 amide bonds. The standard InChI is InChI=1S/C19H18O6/c1-25-12-4-2-3-10-13(12)19(24)15-14(17(10)22)18(23)11-7-8(20)5-6-9(11)16(15)21/h2-4,8,11,18,20-21,23H,5-7H2,1H3. The molecule has 3 atom stereocenters. The first-order valence-electron chi connectivity index (χ1n) is 8.24. The Labute approximate surface area is 144 Å². The number of methoxy groups -OCH3 is 1. The van der Waals surface area contributed by atoms with Gasteiger partial charge in [0.15, 0.2) is 5.78 Å². The second kappa shape index (κ2) is 5.54. The van der Waals surface area contributed by atoms with Gasteiger partial charge in [0.1, 0.15) is 11.5 Å². The Morgan fingerprint density at radius 1 is 1.16 bits per heavy atom. The van der Waals surface area contributed by atoms with Gasteiger partial charge in [-0.1, -0.05) is 12.1 Å². The molecule has 25 heavy (non-hydrogen) atoms. The number of carbonyl (C=O) groups excluding carboxylic acids is 2. The zero-order chi connectivity index (χ0) is 17.9. The molecule has 1 fully saturated rings. The van der Waals surface area contributed by atoms with Crippen LogP contribution < -0.4 is 4.74 Å². The molecule has 0 aliphatic heterocycles. The Morgan fingerprint density at radius 3 is 2.64 bits per heavy atom. The van der Waals surface area contributed by atoms with Crippen LogP contribution >= 0.6 is 0 Å². The average molecular weight is 342 g/mol. The van der Waals surface area contributed by atoms with Crippen molar-refractivity contribution in [3.05, 3.63) is 51.8 Å². The average Bonchev–Trinajstić information content (AvgIpc) is 2.61. The van der Waals surface area contributed by atoms with Crippen LogP contribution in [0.25, 0.3) is 0 Å². The number of rotatable bonds is 1. The van der Waals surface area contributed by atoms with Crippen molar-refractivity contribution in [1.82, 2.24) is 0 Å². The third kappa shape index (κ3) is 2.11. The highest BCUT2D eigenvalue weighted by molar-refractivity contribution is 6.29. The molecule has 3 N–H and O–H groups in total. The van der Waals surface area contributed by atoms with E-state index in [4.69, 9.17) is 4.74 Å². The monoisotopic (exact) mass is 342 g/mol. The van der Waals surface area contributed by atoms with E-state index in [9.17, 15) is 24.9 Å². The summed E-state index contributed by atoms with van der Waals surface area (Å²) in [5.41, 5.74) is 0.608. The summed E-state index contributed by atoms with van der Waals surface area (Å²) in [4.78, 5) is 26.0. The highest BCUT2D eigenvalue weighted by atomic mass is 16.5. The van der Waals surface area contributed by atoms with Crippen LogP contribution in [-0.2, 0) is 0 Å². The van der Waals surface area contributed by atoms with Crippen molar-refractivity contribution >= 4 is 11.6 Å². The van der Waals surface area contributed by atoms with Crippen LogP contribution in [0.2, 0.25) is 0 Å². The lowest BCUT2D eigenvalue weighted by molar-refractivity contribution is 0.0599. The van der Waals surface area contributed by atoms with Gasteiger partial charge >= 0.3 is 0 Å². The van der Waals surface area contributed by atoms with Crippen molar-refractivity contribution in [2.75, 3.05) is 7.11 Å². The number of fused-ring (bicyclic) bond motifs is 2. The Balaban J connectivity index is 1.94. The van der Waals surface area contributed by atoms with Gasteiger partial charge in [0.25, 0.3) is 0 Å². The smallest absolute Gasteiger partial charge is 0.201 e. The minimum Gasteiger partial charge on any atom is -0.507 e. The summed E-state index contributed by atoms with van der Waals surface area (Å²) in [5, 5.41) is 31.3. The summed E-state index contributed by atoms with van der Waals surface area (Å²) >= 11 is 0. The molecular weight excluding hydrogens is 324 g/mol. The summed E-state index contributed by atoms with van der Waals surface area (Å²) in [6, 6.07) is 4.70. The number of ether oxygens (including phenoxy) is 1. The van der Waals surface area contributed by atoms with Crippen molar-refractivity contribution in [2.24, 2.45) is 5.92 Å². The molecule has 1 saturated carbocycles. The Bertz CT molecular complexity index is 863. The molecule has 0 saturated heterocycles. The fourth-order valence-electron chi connectivity index (χ4n) is 4.18. The van der Waals surface area contributed by atoms with Gasteiger partial charge in [-0.3, -0.25) is 9.59 Å². The third-order valence-electron chi connectivity index (χ3n) is 5.40. The molecule has 130 valence electrons. The maximum atomic E-state index is 13.0. The summed E-state index contributed by atoms with van der Waals surface area (Å²) in [5.74, 6) is -1.52. The number of allylic oxidation sites excluding steroid dienone is 1. The molecule has 0 aromatic heterocycles. The summed E-state index contributed by atoms with van der Waals surface area (Å²) < 4.78 is 5.20. The molecular formula is C19H18O6. The van der Waals surface area contributed by atoms with E-state index in [0.717, 1.165) is 0 Å². The van der Waals surface area contributed by atoms with E-state index < -0.39 is 29.7 Å². The molecule has 4 rings (SSSR count). The van der Waals surface area contributed by atoms with E-state index in [1.807, 2.05) is 0 Å². The molecule has 3 aliphatic rings. The van der Waals surface area contributed by atoms with Crippen LogP contribution in [0.1, 0.15) is 40.0 Å². The number of carbonyl (C=O) groups is 2. The van der Waals surface area contributed by atoms with Crippen molar-refractivity contribution in [2.45, 2.75) is 31.5 Å². The fraction of sp³-hybridized carbons (Fsp3) is 0.368. The van der Waals surface area contributed by atoms with E-state index in [0.29, 0.717) is 18.4 Å². The van der Waals surface area contributed by atoms with E-state index in [-0.39, 0.29) is 40.2 Å². The lowest BCUT2D eigenvalue weighted by Crippen LogP contribution is -2.41. The van der Waals surface area contributed by atoms with E-state index >= 15 is 0 Å². The maximum Gasteiger partial charge on any atom is 0.201 e. The second-order valence-electron chi connectivity index (χ2n) is 6.68. The van der Waals surface area contributed by atoms with Gasteiger partial charge in [-0.25, -0.2) is 0 Å². The van der Waals surface area contributed by atoms with Gasteiger partial charge < -0.3 is 20.1 Å². The molecule has 0 bridgehead atoms. The zero-order valence-electron chi connectivity index (χ0n) is 13.7. The highest BCUT2D eigenvalue weighted by Crippen LogP contribution is 2.46. The molecule has 0 radical (unpaired) electrons. The summed E-state index contributed by atoms with van der Waals surface area (Å²) in [7, 11) is 1.41. The van der Waals surface area contributed by atoms with Gasteiger partial charge in [0.05, 0.1) is 30.5 Å². The lowest BCUT2D eigenvalue weighted by atomic mass is 9.67. The Hall–Kier alpha value is -2.44. The first-order chi connectivity index (χ1) is 12.0. The Morgan fingerprint density at radius 2 is 1.92 bits per heavy atom. The predicted molar refractivity (Wildman–Crippen MR) is 87.7 cm³/mol. The minimum atomic E-state index is -1.22. The highest BCUT2D eigenvalue weighted by Gasteiger charge is 2.47.